The largest absolute Gasteiger partial charge is 0.360 e. The number of nitrogens with zero attached hydrogens (tertiary/aromatic N) is 2. The number of hydrogen-bond donors (Lipinski definition) is 2. The minimum Gasteiger partial charge on any atom is -0.360 e. The summed E-state index contributed by atoms with van der Waals surface area (Å²) in [6.45, 7) is 3.34. The molecule has 0 aliphatic rings. The molecule has 84 valence electrons. The molecule has 0 fully saturated rings. The van der Waals surface area contributed by atoms with Crippen molar-refractivity contribution in [2.45, 2.75) is 19.8 Å². The lowest BCUT2D eigenvalue weighted by molar-refractivity contribution is -0.120. The maximum atomic E-state index is 11.2. The van der Waals surface area contributed by atoms with Gasteiger partial charge in [-0.3, -0.25) is 4.79 Å². The normalized spacial score (nSPS) is 10.0. The Bertz CT molecular complexity index is 317. The number of aromatic nitrogens is 2. The Kier molecular flexibility index (Phi) is 5.56. The summed E-state index contributed by atoms with van der Waals surface area (Å²) in [5, 5.41) is 14.2. The van der Waals surface area contributed by atoms with Gasteiger partial charge in [0.05, 0.1) is 0 Å². The van der Waals surface area contributed by atoms with Gasteiger partial charge in [-0.05, 0) is 22.4 Å². The fraction of sp³-hybridized carbons (Fsp3) is 0.625. The lowest BCUT2D eigenvalue weighted by Crippen LogP contribution is -2.25. The van der Waals surface area contributed by atoms with Crippen molar-refractivity contribution in [2.24, 2.45) is 0 Å². The van der Waals surface area contributed by atoms with Crippen LogP contribution in [0.15, 0.2) is 3.92 Å². The van der Waals surface area contributed by atoms with Crippen molar-refractivity contribution < 1.29 is 4.79 Å². The van der Waals surface area contributed by atoms with Crippen LogP contribution in [0.1, 0.15) is 19.8 Å². The van der Waals surface area contributed by atoms with E-state index in [1.54, 1.807) is 0 Å². The van der Waals surface area contributed by atoms with E-state index in [4.69, 9.17) is 0 Å². The van der Waals surface area contributed by atoms with Gasteiger partial charge in [-0.1, -0.05) is 18.3 Å². The molecule has 1 aromatic heterocycles. The third-order valence-electron chi connectivity index (χ3n) is 1.60. The molecule has 7 heteroatoms. The SMILES string of the molecule is CCCNC(=O)CCNc1nnc(Br)s1. The summed E-state index contributed by atoms with van der Waals surface area (Å²) in [6, 6.07) is 0. The molecular formula is C8H13BrN4OS. The van der Waals surface area contributed by atoms with E-state index in [-0.39, 0.29) is 5.91 Å². The molecule has 1 heterocycles. The summed E-state index contributed by atoms with van der Waals surface area (Å²) >= 11 is 4.62. The Labute approximate surface area is 101 Å². The first-order chi connectivity index (χ1) is 7.22. The summed E-state index contributed by atoms with van der Waals surface area (Å²) in [5.41, 5.74) is 0. The fourth-order valence-electron chi connectivity index (χ4n) is 0.913. The van der Waals surface area contributed by atoms with Crippen molar-refractivity contribution in [3.05, 3.63) is 3.92 Å². The molecule has 0 aromatic carbocycles. The summed E-state index contributed by atoms with van der Waals surface area (Å²) < 4.78 is 0.737. The van der Waals surface area contributed by atoms with Gasteiger partial charge in [0.15, 0.2) is 3.92 Å². The minimum atomic E-state index is 0.0629. The number of amides is 1. The van der Waals surface area contributed by atoms with Crippen molar-refractivity contribution in [1.82, 2.24) is 15.5 Å². The van der Waals surface area contributed by atoms with Crippen LogP contribution in [0.25, 0.3) is 0 Å². The summed E-state index contributed by atoms with van der Waals surface area (Å²) in [7, 11) is 0. The molecule has 0 atom stereocenters. The van der Waals surface area contributed by atoms with Gasteiger partial charge in [-0.25, -0.2) is 0 Å². The number of hydrogen-bond acceptors (Lipinski definition) is 5. The predicted molar refractivity (Wildman–Crippen MR) is 64.0 cm³/mol. The number of rotatable bonds is 6. The molecule has 1 rings (SSSR count). The van der Waals surface area contributed by atoms with Crippen molar-refractivity contribution in [1.29, 1.82) is 0 Å². The average Bonchev–Trinajstić information content (AvgIpc) is 2.61. The maximum absolute atomic E-state index is 11.2. The highest BCUT2D eigenvalue weighted by Gasteiger charge is 2.02. The summed E-state index contributed by atoms with van der Waals surface area (Å²) in [6.07, 6.45) is 1.42. The van der Waals surface area contributed by atoms with Crippen LogP contribution in [0, 0.1) is 0 Å². The van der Waals surface area contributed by atoms with Gasteiger partial charge >= 0.3 is 0 Å². The molecule has 0 radical (unpaired) electrons. The number of anilines is 1. The topological polar surface area (TPSA) is 66.9 Å². The van der Waals surface area contributed by atoms with Crippen LogP contribution in [0.5, 0.6) is 0 Å². The second-order valence-corrected chi connectivity index (χ2v) is 5.14. The molecule has 0 bridgehead atoms. The number of carbonyl (C=O) groups is 1. The molecule has 0 saturated heterocycles. The molecule has 2 N–H and O–H groups in total. The van der Waals surface area contributed by atoms with Crippen LogP contribution in [-0.2, 0) is 4.79 Å². The molecule has 0 aliphatic heterocycles. The number of nitrogens with one attached hydrogen (secondary N) is 2. The van der Waals surface area contributed by atoms with E-state index in [9.17, 15) is 4.79 Å². The molecule has 1 aromatic rings. The Hall–Kier alpha value is -0.690. The first kappa shape index (κ1) is 12.4. The number of carbonyl (C=O) groups excluding carboxylic acids is 1. The Morgan fingerprint density at radius 3 is 2.87 bits per heavy atom. The van der Waals surface area contributed by atoms with E-state index in [0.29, 0.717) is 13.0 Å². The molecular weight excluding hydrogens is 280 g/mol. The molecule has 0 spiro atoms. The standard InChI is InChI=1S/C8H13BrN4OS/c1-2-4-10-6(14)3-5-11-8-13-12-7(9)15-8/h2-5H2,1H3,(H,10,14)(H,11,13). The van der Waals surface area contributed by atoms with Crippen molar-refractivity contribution in [3.8, 4) is 0 Å². The van der Waals surface area contributed by atoms with Crippen LogP contribution < -0.4 is 10.6 Å². The van der Waals surface area contributed by atoms with Gasteiger partial charge in [0.1, 0.15) is 0 Å². The molecule has 0 aliphatic carbocycles. The fourth-order valence-corrected chi connectivity index (χ4v) is 1.95. The molecule has 15 heavy (non-hydrogen) atoms. The first-order valence-corrected chi connectivity index (χ1v) is 6.33. The second kappa shape index (κ2) is 6.73. The smallest absolute Gasteiger partial charge is 0.221 e. The lowest BCUT2D eigenvalue weighted by atomic mass is 10.4. The molecule has 5 nitrogen and oxygen atoms in total. The van der Waals surface area contributed by atoms with E-state index in [0.717, 1.165) is 22.0 Å². The average molecular weight is 293 g/mol. The van der Waals surface area contributed by atoms with Gasteiger partial charge in [0, 0.05) is 19.5 Å². The Balaban J connectivity index is 2.13. The quantitative estimate of drug-likeness (QED) is 0.836. The van der Waals surface area contributed by atoms with Crippen LogP contribution in [0.4, 0.5) is 5.13 Å². The third kappa shape index (κ3) is 5.08. The number of halogens is 1. The van der Waals surface area contributed by atoms with Crippen molar-refractivity contribution in [3.63, 3.8) is 0 Å². The van der Waals surface area contributed by atoms with E-state index in [2.05, 4.69) is 36.8 Å². The highest BCUT2D eigenvalue weighted by Crippen LogP contribution is 2.19. The van der Waals surface area contributed by atoms with Crippen LogP contribution >= 0.6 is 27.3 Å². The van der Waals surface area contributed by atoms with Gasteiger partial charge in [0.2, 0.25) is 11.0 Å². The summed E-state index contributed by atoms with van der Waals surface area (Å²) in [5.74, 6) is 0.0629. The third-order valence-corrected chi connectivity index (χ3v) is 2.91. The van der Waals surface area contributed by atoms with Gasteiger partial charge in [-0.2, -0.15) is 0 Å². The molecule has 1 amide bonds. The monoisotopic (exact) mass is 292 g/mol. The first-order valence-electron chi connectivity index (χ1n) is 4.72. The van der Waals surface area contributed by atoms with E-state index in [1.807, 2.05) is 6.92 Å². The van der Waals surface area contributed by atoms with Crippen molar-refractivity contribution >= 4 is 38.3 Å². The van der Waals surface area contributed by atoms with E-state index in [1.165, 1.54) is 11.3 Å². The van der Waals surface area contributed by atoms with E-state index < -0.39 is 0 Å². The maximum Gasteiger partial charge on any atom is 0.221 e. The zero-order valence-electron chi connectivity index (χ0n) is 8.42. The van der Waals surface area contributed by atoms with Crippen LogP contribution in [0.2, 0.25) is 0 Å². The van der Waals surface area contributed by atoms with E-state index >= 15 is 0 Å². The van der Waals surface area contributed by atoms with Gasteiger partial charge < -0.3 is 10.6 Å². The Morgan fingerprint density at radius 1 is 1.47 bits per heavy atom. The second-order valence-electron chi connectivity index (χ2n) is 2.89. The summed E-state index contributed by atoms with van der Waals surface area (Å²) in [4.78, 5) is 11.2. The van der Waals surface area contributed by atoms with Crippen molar-refractivity contribution in [2.75, 3.05) is 18.4 Å². The molecule has 0 unspecified atom stereocenters. The van der Waals surface area contributed by atoms with Gasteiger partial charge in [0.25, 0.3) is 0 Å². The minimum absolute atomic E-state index is 0.0629. The Morgan fingerprint density at radius 2 is 2.27 bits per heavy atom. The zero-order chi connectivity index (χ0) is 11.1. The lowest BCUT2D eigenvalue weighted by Gasteiger charge is -2.03. The van der Waals surface area contributed by atoms with Crippen LogP contribution in [-0.4, -0.2) is 29.2 Å². The highest BCUT2D eigenvalue weighted by molar-refractivity contribution is 9.11. The highest BCUT2D eigenvalue weighted by atomic mass is 79.9. The van der Waals surface area contributed by atoms with Crippen LogP contribution in [0.3, 0.4) is 0 Å². The van der Waals surface area contributed by atoms with Gasteiger partial charge in [-0.15, -0.1) is 10.2 Å². The zero-order valence-corrected chi connectivity index (χ0v) is 10.8. The molecule has 0 saturated carbocycles. The predicted octanol–water partition coefficient (Wildman–Crippen LogP) is 1.63.